The molecular formula is C19H36IN3O. The second-order valence-electron chi connectivity index (χ2n) is 9.01. The largest absolute Gasteiger partial charge is 0.377 e. The van der Waals surface area contributed by atoms with Gasteiger partial charge in [0.25, 0.3) is 0 Å². The van der Waals surface area contributed by atoms with Crippen LogP contribution in [0.1, 0.15) is 59.3 Å². The van der Waals surface area contributed by atoms with Gasteiger partial charge in [-0.15, -0.1) is 24.0 Å². The Hall–Kier alpha value is -0.0400. The highest BCUT2D eigenvalue weighted by molar-refractivity contribution is 14.0. The van der Waals surface area contributed by atoms with Gasteiger partial charge >= 0.3 is 0 Å². The summed E-state index contributed by atoms with van der Waals surface area (Å²) in [6, 6.07) is 0. The predicted octanol–water partition coefficient (Wildman–Crippen LogP) is 3.90. The number of halogens is 1. The fraction of sp³-hybridized carbons (Fsp3) is 0.947. The molecule has 4 nitrogen and oxygen atoms in total. The van der Waals surface area contributed by atoms with Gasteiger partial charge in [0, 0.05) is 39.2 Å². The molecular weight excluding hydrogens is 413 g/mol. The standard InChI is InChI=1S/C19H35N3O.HI/c1-18(2,3)16-15(7-5-12-23-16)13-21-17(20-4)22-11-10-19(14-22)8-6-9-19;/h15-16H,5-14H2,1-4H3,(H,20,21);1H. The Bertz CT molecular complexity index is 442. The molecule has 24 heavy (non-hydrogen) atoms. The fourth-order valence-corrected chi connectivity index (χ4v) is 4.76. The quantitative estimate of drug-likeness (QED) is 0.395. The van der Waals surface area contributed by atoms with E-state index < -0.39 is 0 Å². The Morgan fingerprint density at radius 1 is 1.25 bits per heavy atom. The molecule has 0 aromatic rings. The lowest BCUT2D eigenvalue weighted by Gasteiger charge is -2.41. The minimum absolute atomic E-state index is 0. The van der Waals surface area contributed by atoms with Crippen LogP contribution >= 0.6 is 24.0 Å². The van der Waals surface area contributed by atoms with Crippen molar-refractivity contribution in [3.8, 4) is 0 Å². The Morgan fingerprint density at radius 2 is 2.00 bits per heavy atom. The van der Waals surface area contributed by atoms with Crippen molar-refractivity contribution < 1.29 is 4.74 Å². The molecule has 0 aromatic heterocycles. The number of nitrogens with zero attached hydrogens (tertiary/aromatic N) is 2. The molecule has 1 N–H and O–H groups in total. The zero-order valence-electron chi connectivity index (χ0n) is 15.9. The van der Waals surface area contributed by atoms with E-state index in [9.17, 15) is 0 Å². The number of ether oxygens (including phenoxy) is 1. The van der Waals surface area contributed by atoms with Gasteiger partial charge in [-0.3, -0.25) is 4.99 Å². The van der Waals surface area contributed by atoms with Crippen molar-refractivity contribution in [2.45, 2.75) is 65.4 Å². The van der Waals surface area contributed by atoms with Crippen LogP contribution in [0.25, 0.3) is 0 Å². The molecule has 0 bridgehead atoms. The van der Waals surface area contributed by atoms with Crippen LogP contribution in [0.2, 0.25) is 0 Å². The maximum atomic E-state index is 6.11. The second-order valence-corrected chi connectivity index (χ2v) is 9.01. The monoisotopic (exact) mass is 449 g/mol. The molecule has 3 fully saturated rings. The van der Waals surface area contributed by atoms with Gasteiger partial charge in [0.05, 0.1) is 6.10 Å². The van der Waals surface area contributed by atoms with Gasteiger partial charge in [-0.25, -0.2) is 0 Å². The van der Waals surface area contributed by atoms with Crippen molar-refractivity contribution >= 4 is 29.9 Å². The van der Waals surface area contributed by atoms with E-state index in [1.807, 2.05) is 7.05 Å². The SMILES string of the molecule is CN=C(NCC1CCCOC1C(C)(C)C)N1CCC2(CCC2)C1.I. The van der Waals surface area contributed by atoms with Gasteiger partial charge in [0.15, 0.2) is 5.96 Å². The molecule has 0 amide bonds. The van der Waals surface area contributed by atoms with Gasteiger partial charge in [-0.05, 0) is 42.9 Å². The summed E-state index contributed by atoms with van der Waals surface area (Å²) in [6.07, 6.45) is 8.41. The summed E-state index contributed by atoms with van der Waals surface area (Å²) < 4.78 is 6.11. The summed E-state index contributed by atoms with van der Waals surface area (Å²) in [7, 11) is 1.92. The van der Waals surface area contributed by atoms with Gasteiger partial charge in [0.2, 0.25) is 0 Å². The highest BCUT2D eigenvalue weighted by atomic mass is 127. The number of guanidine groups is 1. The van der Waals surface area contributed by atoms with Crippen LogP contribution in [0, 0.1) is 16.7 Å². The zero-order valence-corrected chi connectivity index (χ0v) is 18.3. The van der Waals surface area contributed by atoms with Crippen molar-refractivity contribution in [3.05, 3.63) is 0 Å². The first-order valence-electron chi connectivity index (χ1n) is 9.51. The van der Waals surface area contributed by atoms with E-state index in [1.165, 1.54) is 51.6 Å². The number of likely N-dealkylation sites (tertiary alicyclic amines) is 1. The third-order valence-electron chi connectivity index (χ3n) is 6.18. The maximum absolute atomic E-state index is 6.11. The molecule has 2 saturated heterocycles. The Labute approximate surface area is 165 Å². The van der Waals surface area contributed by atoms with Crippen molar-refractivity contribution in [2.75, 3.05) is 33.3 Å². The molecule has 0 radical (unpaired) electrons. The molecule has 0 aromatic carbocycles. The molecule has 1 aliphatic carbocycles. The van der Waals surface area contributed by atoms with Crippen LogP contribution < -0.4 is 5.32 Å². The Balaban J connectivity index is 0.00000208. The Kier molecular flexibility index (Phi) is 6.85. The minimum Gasteiger partial charge on any atom is -0.377 e. The molecule has 3 aliphatic rings. The third kappa shape index (κ3) is 4.37. The first-order valence-corrected chi connectivity index (χ1v) is 9.51. The van der Waals surface area contributed by atoms with Crippen molar-refractivity contribution in [1.82, 2.24) is 10.2 Å². The molecule has 2 heterocycles. The normalized spacial score (nSPS) is 30.0. The highest BCUT2D eigenvalue weighted by Crippen LogP contribution is 2.47. The van der Waals surface area contributed by atoms with E-state index >= 15 is 0 Å². The molecule has 2 atom stereocenters. The van der Waals surface area contributed by atoms with E-state index in [4.69, 9.17) is 4.74 Å². The number of hydrogen-bond donors (Lipinski definition) is 1. The van der Waals surface area contributed by atoms with E-state index in [0.717, 1.165) is 19.1 Å². The van der Waals surface area contributed by atoms with Crippen molar-refractivity contribution in [1.29, 1.82) is 0 Å². The molecule has 2 aliphatic heterocycles. The number of nitrogens with one attached hydrogen (secondary N) is 1. The molecule has 5 heteroatoms. The predicted molar refractivity (Wildman–Crippen MR) is 111 cm³/mol. The number of aliphatic imine (C=N–C) groups is 1. The smallest absolute Gasteiger partial charge is 0.193 e. The zero-order chi connectivity index (χ0) is 16.5. The first kappa shape index (κ1) is 20.3. The summed E-state index contributed by atoms with van der Waals surface area (Å²) in [4.78, 5) is 7.04. The summed E-state index contributed by atoms with van der Waals surface area (Å²) in [6.45, 7) is 11.2. The van der Waals surface area contributed by atoms with Crippen LogP contribution in [-0.2, 0) is 4.74 Å². The van der Waals surface area contributed by atoms with E-state index in [-0.39, 0.29) is 29.4 Å². The van der Waals surface area contributed by atoms with Crippen molar-refractivity contribution in [3.63, 3.8) is 0 Å². The maximum Gasteiger partial charge on any atom is 0.193 e. The first-order chi connectivity index (χ1) is 10.9. The van der Waals surface area contributed by atoms with E-state index in [1.54, 1.807) is 0 Å². The van der Waals surface area contributed by atoms with Crippen LogP contribution in [0.15, 0.2) is 4.99 Å². The number of hydrogen-bond acceptors (Lipinski definition) is 2. The lowest BCUT2D eigenvalue weighted by atomic mass is 9.68. The van der Waals surface area contributed by atoms with Crippen LogP contribution in [0.5, 0.6) is 0 Å². The number of rotatable bonds is 2. The van der Waals surface area contributed by atoms with E-state index in [2.05, 4.69) is 36.0 Å². The van der Waals surface area contributed by atoms with Gasteiger partial charge < -0.3 is 15.0 Å². The minimum atomic E-state index is 0. The second kappa shape index (κ2) is 8.11. The average molecular weight is 449 g/mol. The topological polar surface area (TPSA) is 36.9 Å². The van der Waals surface area contributed by atoms with Crippen LogP contribution in [0.4, 0.5) is 0 Å². The van der Waals surface area contributed by atoms with Crippen LogP contribution in [-0.4, -0.2) is 50.3 Å². The molecule has 2 unspecified atom stereocenters. The van der Waals surface area contributed by atoms with Gasteiger partial charge in [-0.1, -0.05) is 27.2 Å². The van der Waals surface area contributed by atoms with Gasteiger partial charge in [0.1, 0.15) is 0 Å². The molecule has 140 valence electrons. The molecule has 1 saturated carbocycles. The van der Waals surface area contributed by atoms with Crippen molar-refractivity contribution in [2.24, 2.45) is 21.7 Å². The fourth-order valence-electron chi connectivity index (χ4n) is 4.76. The molecule has 1 spiro atoms. The third-order valence-corrected chi connectivity index (χ3v) is 6.18. The Morgan fingerprint density at radius 3 is 2.54 bits per heavy atom. The lowest BCUT2D eigenvalue weighted by molar-refractivity contribution is -0.0836. The van der Waals surface area contributed by atoms with Crippen LogP contribution in [0.3, 0.4) is 0 Å². The van der Waals surface area contributed by atoms with Gasteiger partial charge in [-0.2, -0.15) is 0 Å². The summed E-state index contributed by atoms with van der Waals surface area (Å²) in [5.74, 6) is 1.69. The lowest BCUT2D eigenvalue weighted by Crippen LogP contribution is -2.48. The summed E-state index contributed by atoms with van der Waals surface area (Å²) in [5, 5.41) is 3.67. The average Bonchev–Trinajstić information content (AvgIpc) is 2.93. The molecule has 3 rings (SSSR count). The highest BCUT2D eigenvalue weighted by Gasteiger charge is 2.43. The summed E-state index contributed by atoms with van der Waals surface area (Å²) in [5.41, 5.74) is 0.833. The van der Waals surface area contributed by atoms with E-state index in [0.29, 0.717) is 17.4 Å². The summed E-state index contributed by atoms with van der Waals surface area (Å²) >= 11 is 0.